The smallest absolute Gasteiger partial charge is 0.302 e. The van der Waals surface area contributed by atoms with Gasteiger partial charge in [0, 0.05) is 12.3 Å². The van der Waals surface area contributed by atoms with Crippen molar-refractivity contribution in [2.24, 2.45) is 22.7 Å². The first-order valence-electron chi connectivity index (χ1n) is 9.70. The highest BCUT2D eigenvalue weighted by molar-refractivity contribution is 5.65. The first kappa shape index (κ1) is 20.2. The van der Waals surface area contributed by atoms with Crippen molar-refractivity contribution >= 4 is 5.97 Å². The molecule has 0 aromatic carbocycles. The van der Waals surface area contributed by atoms with Crippen molar-refractivity contribution in [3.05, 3.63) is 24.3 Å². The van der Waals surface area contributed by atoms with Crippen molar-refractivity contribution in [3.63, 3.8) is 0 Å². The zero-order chi connectivity index (χ0) is 18.9. The van der Waals surface area contributed by atoms with Crippen molar-refractivity contribution in [2.75, 3.05) is 6.61 Å². The van der Waals surface area contributed by atoms with E-state index < -0.39 is 5.60 Å². The molecule has 0 aliphatic heterocycles. The Morgan fingerprint density at radius 3 is 2.52 bits per heavy atom. The predicted octanol–water partition coefficient (Wildman–Crippen LogP) is 5.05. The normalized spacial score (nSPS) is 41.8. The van der Waals surface area contributed by atoms with Crippen LogP contribution in [0.25, 0.3) is 0 Å². The highest BCUT2D eigenvalue weighted by Crippen LogP contribution is 2.63. The van der Waals surface area contributed by atoms with Crippen molar-refractivity contribution in [1.82, 2.24) is 0 Å². The van der Waals surface area contributed by atoms with Gasteiger partial charge in [0.05, 0.1) is 12.2 Å². The topological polar surface area (TPSA) is 46.5 Å². The van der Waals surface area contributed by atoms with E-state index in [0.717, 1.165) is 38.5 Å². The van der Waals surface area contributed by atoms with E-state index in [9.17, 15) is 9.90 Å². The summed E-state index contributed by atoms with van der Waals surface area (Å²) >= 11 is 0. The molecule has 0 heterocycles. The molecule has 3 heteroatoms. The first-order valence-corrected chi connectivity index (χ1v) is 9.70. The van der Waals surface area contributed by atoms with Gasteiger partial charge in [-0.1, -0.05) is 44.6 Å². The van der Waals surface area contributed by atoms with Gasteiger partial charge in [0.1, 0.15) is 0 Å². The van der Waals surface area contributed by atoms with Gasteiger partial charge in [-0.2, -0.15) is 0 Å². The number of hydrogen-bond acceptors (Lipinski definition) is 3. The second-order valence-electron chi connectivity index (χ2n) is 9.18. The summed E-state index contributed by atoms with van der Waals surface area (Å²) in [4.78, 5) is 11.4. The van der Waals surface area contributed by atoms with E-state index in [2.05, 4.69) is 33.4 Å². The van der Waals surface area contributed by atoms with Crippen molar-refractivity contribution in [1.29, 1.82) is 0 Å². The van der Waals surface area contributed by atoms with Crippen molar-refractivity contribution in [2.45, 2.75) is 78.7 Å². The number of esters is 1. The van der Waals surface area contributed by atoms with Crippen LogP contribution in [0.15, 0.2) is 24.3 Å². The summed E-state index contributed by atoms with van der Waals surface area (Å²) in [6, 6.07) is 0. The molecule has 0 unspecified atom stereocenters. The monoisotopic (exact) mass is 348 g/mol. The lowest BCUT2D eigenvalue weighted by atomic mass is 9.45. The molecule has 2 aliphatic rings. The van der Waals surface area contributed by atoms with Crippen LogP contribution < -0.4 is 0 Å². The van der Waals surface area contributed by atoms with Gasteiger partial charge in [-0.05, 0) is 63.2 Å². The molecule has 1 N–H and O–H groups in total. The predicted molar refractivity (Wildman–Crippen MR) is 102 cm³/mol. The van der Waals surface area contributed by atoms with E-state index in [4.69, 9.17) is 4.74 Å². The number of allylic oxidation sites excluding steroid dienone is 3. The van der Waals surface area contributed by atoms with E-state index >= 15 is 0 Å². The molecular weight excluding hydrogens is 312 g/mol. The van der Waals surface area contributed by atoms with Crippen molar-refractivity contribution in [3.8, 4) is 0 Å². The highest BCUT2D eigenvalue weighted by Gasteiger charge is 2.58. The van der Waals surface area contributed by atoms with Gasteiger partial charge in [-0.15, -0.1) is 0 Å². The maximum atomic E-state index is 11.4. The third-order valence-corrected chi connectivity index (χ3v) is 7.19. The lowest BCUT2D eigenvalue weighted by molar-refractivity contribution is -0.184. The number of aliphatic hydroxyl groups is 1. The van der Waals surface area contributed by atoms with E-state index in [1.807, 2.05) is 13.0 Å². The Kier molecular flexibility index (Phi) is 5.88. The van der Waals surface area contributed by atoms with E-state index in [1.165, 1.54) is 12.5 Å². The second kappa shape index (κ2) is 7.26. The number of hydrogen-bond donors (Lipinski definition) is 1. The van der Waals surface area contributed by atoms with Crippen LogP contribution in [0.4, 0.5) is 0 Å². The second-order valence-corrected chi connectivity index (χ2v) is 9.18. The van der Waals surface area contributed by atoms with Crippen LogP contribution in [0.2, 0.25) is 0 Å². The summed E-state index contributed by atoms with van der Waals surface area (Å²) in [7, 11) is 0. The van der Waals surface area contributed by atoms with Gasteiger partial charge in [0.15, 0.2) is 0 Å². The van der Waals surface area contributed by atoms with Crippen LogP contribution in [0, 0.1) is 22.7 Å². The number of ether oxygens (including phenoxy) is 1. The van der Waals surface area contributed by atoms with Gasteiger partial charge >= 0.3 is 5.97 Å². The highest BCUT2D eigenvalue weighted by atomic mass is 16.5. The summed E-state index contributed by atoms with van der Waals surface area (Å²) in [6.45, 7) is 14.5. The lowest BCUT2D eigenvalue weighted by Gasteiger charge is -2.61. The summed E-state index contributed by atoms with van der Waals surface area (Å²) in [6.07, 6.45) is 10.1. The molecule has 0 aromatic heterocycles. The molecule has 2 saturated carbocycles. The maximum absolute atomic E-state index is 11.4. The average Bonchev–Trinajstić information content (AvgIpc) is 2.51. The minimum atomic E-state index is -0.650. The molecule has 2 rings (SSSR count). The van der Waals surface area contributed by atoms with Crippen LogP contribution in [0.3, 0.4) is 0 Å². The standard InChI is InChI=1S/C22H36O3/c1-7-16(2)9-10-19-21(5)13-8-12-20(4,15-25-17(3)23)18(21)11-14-22(19,6)24/h7,9,18-19,24H,1,8,10-15H2,2-6H3/b16-9-/t18-,19+,20+,21-,22+/m0/s1. The van der Waals surface area contributed by atoms with Crippen LogP contribution in [0.1, 0.15) is 73.1 Å². The molecule has 0 saturated heterocycles. The van der Waals surface area contributed by atoms with Crippen LogP contribution in [0.5, 0.6) is 0 Å². The molecule has 5 atom stereocenters. The first-order chi connectivity index (χ1) is 11.5. The number of fused-ring (bicyclic) bond motifs is 1. The maximum Gasteiger partial charge on any atom is 0.302 e. The molecule has 0 radical (unpaired) electrons. The minimum Gasteiger partial charge on any atom is -0.465 e. The summed E-state index contributed by atoms with van der Waals surface area (Å²) in [5.41, 5.74) is 0.584. The molecule has 3 nitrogen and oxygen atoms in total. The molecular formula is C22H36O3. The quantitative estimate of drug-likeness (QED) is 0.559. The van der Waals surface area contributed by atoms with Gasteiger partial charge in [-0.3, -0.25) is 4.79 Å². The number of carbonyl (C=O) groups is 1. The zero-order valence-corrected chi connectivity index (χ0v) is 16.7. The largest absolute Gasteiger partial charge is 0.465 e. The Bertz CT molecular complexity index is 547. The Morgan fingerprint density at radius 1 is 1.24 bits per heavy atom. The molecule has 25 heavy (non-hydrogen) atoms. The summed E-state index contributed by atoms with van der Waals surface area (Å²) in [5.74, 6) is 0.485. The minimum absolute atomic E-state index is 0.00458. The van der Waals surface area contributed by atoms with E-state index in [-0.39, 0.29) is 22.7 Å². The molecule has 0 aromatic rings. The average molecular weight is 349 g/mol. The fourth-order valence-corrected chi connectivity index (χ4v) is 5.78. The van der Waals surface area contributed by atoms with Gasteiger partial charge < -0.3 is 9.84 Å². The lowest BCUT2D eigenvalue weighted by Crippen LogP contribution is -2.58. The number of rotatable bonds is 5. The van der Waals surface area contributed by atoms with Gasteiger partial charge in [0.2, 0.25) is 0 Å². The SMILES string of the molecule is C=C/C(C)=C\C[C@@H]1[C@@]2(C)CCC[C@](C)(COC(C)=O)[C@@H]2CC[C@@]1(C)O. The zero-order valence-electron chi connectivity index (χ0n) is 16.7. The van der Waals surface area contributed by atoms with Crippen molar-refractivity contribution < 1.29 is 14.6 Å². The van der Waals surface area contributed by atoms with Gasteiger partial charge in [-0.25, -0.2) is 0 Å². The Hall–Kier alpha value is -1.09. The van der Waals surface area contributed by atoms with Crippen LogP contribution >= 0.6 is 0 Å². The van der Waals surface area contributed by atoms with Crippen LogP contribution in [-0.4, -0.2) is 23.3 Å². The third kappa shape index (κ3) is 4.02. The fraction of sp³-hybridized carbons (Fsp3) is 0.773. The fourth-order valence-electron chi connectivity index (χ4n) is 5.78. The molecule has 0 spiro atoms. The van der Waals surface area contributed by atoms with Crippen LogP contribution in [-0.2, 0) is 9.53 Å². The summed E-state index contributed by atoms with van der Waals surface area (Å²) < 4.78 is 5.45. The Morgan fingerprint density at radius 2 is 1.92 bits per heavy atom. The molecule has 142 valence electrons. The molecule has 0 bridgehead atoms. The van der Waals surface area contributed by atoms with E-state index in [0.29, 0.717) is 12.5 Å². The Balaban J connectivity index is 2.33. The Labute approximate surface area is 153 Å². The molecule has 2 aliphatic carbocycles. The number of carbonyl (C=O) groups excluding carboxylic acids is 1. The molecule has 0 amide bonds. The van der Waals surface area contributed by atoms with Gasteiger partial charge in [0.25, 0.3) is 0 Å². The summed E-state index contributed by atoms with van der Waals surface area (Å²) in [5, 5.41) is 11.2. The third-order valence-electron chi connectivity index (χ3n) is 7.19. The molecule has 2 fully saturated rings. The van der Waals surface area contributed by atoms with E-state index in [1.54, 1.807) is 0 Å².